The van der Waals surface area contributed by atoms with Crippen molar-refractivity contribution >= 4 is 113 Å². The van der Waals surface area contributed by atoms with Gasteiger partial charge >= 0.3 is 23.9 Å². The largest absolute Gasteiger partial charge is 0.508 e. The van der Waals surface area contributed by atoms with Crippen LogP contribution in [0.15, 0.2) is 24.3 Å². The Morgan fingerprint density at radius 1 is 0.889 bits per heavy atom. The Bertz CT molecular complexity index is 602. The van der Waals surface area contributed by atoms with Crippen molar-refractivity contribution in [3.63, 3.8) is 0 Å². The second-order valence-corrected chi connectivity index (χ2v) is 4.52. The maximum atomic E-state index is 10.8. The number of aliphatic hydroxyl groups is 1. The number of carbonyl (C=O) groups is 4. The van der Waals surface area contributed by atoms with Crippen molar-refractivity contribution in [3.05, 3.63) is 29.8 Å². The van der Waals surface area contributed by atoms with E-state index >= 15 is 0 Å². The number of carboxylic acid groups (broad SMARTS) is 3. The van der Waals surface area contributed by atoms with Gasteiger partial charge in [-0.2, -0.15) is 0 Å². The molecule has 0 saturated heterocycles. The third-order valence-electron chi connectivity index (χ3n) is 2.57. The average Bonchev–Trinajstić information content (AvgIpc) is 2.46. The number of aromatic hydroxyl groups is 1. The van der Waals surface area contributed by atoms with Gasteiger partial charge in [0.1, 0.15) is 5.75 Å². The van der Waals surface area contributed by atoms with Crippen LogP contribution >= 0.6 is 0 Å². The van der Waals surface area contributed by atoms with E-state index in [2.05, 4.69) is 4.74 Å². The summed E-state index contributed by atoms with van der Waals surface area (Å²) in [5.41, 5.74) is -2.30. The van der Waals surface area contributed by atoms with E-state index in [0.29, 0.717) is 5.56 Å². The molecule has 13 heteroatoms. The van der Waals surface area contributed by atoms with Crippen LogP contribution in [0, 0.1) is 0 Å². The van der Waals surface area contributed by atoms with Crippen LogP contribution in [0.4, 0.5) is 0 Å². The van der Waals surface area contributed by atoms with Crippen molar-refractivity contribution in [2.24, 2.45) is 0 Å². The summed E-state index contributed by atoms with van der Waals surface area (Å²) in [4.78, 5) is 41.3. The van der Waals surface area contributed by atoms with E-state index in [9.17, 15) is 19.2 Å². The van der Waals surface area contributed by atoms with Crippen molar-refractivity contribution in [2.75, 3.05) is 7.11 Å². The van der Waals surface area contributed by atoms with E-state index in [-0.39, 0.29) is 94.4 Å². The minimum absolute atomic E-state index is 0. The van der Waals surface area contributed by atoms with Gasteiger partial charge in [0.05, 0.1) is 25.5 Å². The summed E-state index contributed by atoms with van der Waals surface area (Å²) in [6.07, 6.45) is -2.29. The second kappa shape index (κ2) is 16.8. The Balaban J connectivity index is -0.000000178. The molecule has 0 saturated carbocycles. The molecule has 1 rings (SSSR count). The van der Waals surface area contributed by atoms with Crippen LogP contribution in [-0.4, -0.2) is 151 Å². The zero-order valence-electron chi connectivity index (χ0n) is 15.5. The number of carbonyl (C=O) groups excluding carboxylic acids is 1. The molecule has 0 unspecified atom stereocenters. The van der Waals surface area contributed by atoms with E-state index in [0.717, 1.165) is 0 Å². The van der Waals surface area contributed by atoms with Crippen LogP contribution in [0.1, 0.15) is 23.2 Å². The maximum Gasteiger partial charge on any atom is 0.337 e. The zero-order chi connectivity index (χ0) is 18.9. The van der Waals surface area contributed by atoms with E-state index in [1.807, 2.05) is 0 Å². The van der Waals surface area contributed by atoms with Crippen molar-refractivity contribution in [1.29, 1.82) is 0 Å². The molecule has 0 bridgehead atoms. The number of hydrogen-bond acceptors (Lipinski definition) is 7. The third-order valence-corrected chi connectivity index (χ3v) is 2.57. The Labute approximate surface area is 220 Å². The van der Waals surface area contributed by atoms with E-state index in [1.165, 1.54) is 31.4 Å². The Morgan fingerprint density at radius 2 is 1.26 bits per heavy atom. The van der Waals surface area contributed by atoms with Gasteiger partial charge in [-0.1, -0.05) is 0 Å². The summed E-state index contributed by atoms with van der Waals surface area (Å²) in [6, 6.07) is 5.88. The first-order valence-electron chi connectivity index (χ1n) is 6.28. The number of rotatable bonds is 6. The van der Waals surface area contributed by atoms with Gasteiger partial charge in [-0.15, -0.1) is 0 Å². The summed E-state index contributed by atoms with van der Waals surface area (Å²) >= 11 is 0. The molecule has 1 aromatic rings. The van der Waals surface area contributed by atoms with E-state index in [4.69, 9.17) is 25.5 Å². The molecular formula is C14H16Na3O10. The molecule has 0 amide bonds. The first kappa shape index (κ1) is 34.4. The summed E-state index contributed by atoms with van der Waals surface area (Å²) in [7, 11) is 1.31. The van der Waals surface area contributed by atoms with E-state index < -0.39 is 42.3 Å². The number of aliphatic carboxylic acids is 3. The molecule has 0 spiro atoms. The van der Waals surface area contributed by atoms with E-state index in [1.54, 1.807) is 0 Å². The van der Waals surface area contributed by atoms with Gasteiger partial charge < -0.3 is 30.3 Å². The molecule has 0 aliphatic heterocycles. The molecule has 0 aliphatic carbocycles. The number of carboxylic acids is 3. The fraction of sp³-hybridized carbons (Fsp3) is 0.286. The number of ether oxygens (including phenoxy) is 1. The number of phenolic OH excluding ortho intramolecular Hbond substituents is 1. The molecule has 0 aromatic heterocycles. The molecule has 3 radical (unpaired) electrons. The molecule has 10 nitrogen and oxygen atoms in total. The number of benzene rings is 1. The van der Waals surface area contributed by atoms with Crippen LogP contribution in [0.3, 0.4) is 0 Å². The third kappa shape index (κ3) is 14.5. The smallest absolute Gasteiger partial charge is 0.337 e. The zero-order valence-corrected chi connectivity index (χ0v) is 21.5. The molecule has 135 valence electrons. The standard InChI is InChI=1S/C8H8O3.C6H8O7.3Na/c1-11-8(10)6-2-4-7(9)5-3-6;7-3(8)1-6(13,5(11)12)2-4(9)10;;;/h2-5,9H,1H3;13H,1-2H2,(H,7,8)(H,9,10)(H,11,12);;;. The minimum Gasteiger partial charge on any atom is -0.508 e. The van der Waals surface area contributed by atoms with Gasteiger partial charge in [-0.25, -0.2) is 9.59 Å². The van der Waals surface area contributed by atoms with Gasteiger partial charge in [0.15, 0.2) is 5.60 Å². The first-order chi connectivity index (χ1) is 11.0. The quantitative estimate of drug-likeness (QED) is 0.281. The molecule has 1 aromatic carbocycles. The van der Waals surface area contributed by atoms with Gasteiger partial charge in [0.2, 0.25) is 0 Å². The number of methoxy groups -OCH3 is 1. The summed E-state index contributed by atoms with van der Waals surface area (Å²) in [6.45, 7) is 0. The predicted octanol–water partition coefficient (Wildman–Crippen LogP) is -1.21. The predicted molar refractivity (Wildman–Crippen MR) is 93.8 cm³/mol. The number of hydrogen-bond donors (Lipinski definition) is 5. The minimum atomic E-state index is -2.74. The van der Waals surface area contributed by atoms with Crippen LogP contribution in [-0.2, 0) is 19.1 Å². The Hall–Kier alpha value is -0.140. The number of phenols is 1. The van der Waals surface area contributed by atoms with Crippen molar-refractivity contribution in [2.45, 2.75) is 18.4 Å². The van der Waals surface area contributed by atoms with Crippen molar-refractivity contribution in [3.8, 4) is 5.75 Å². The maximum absolute atomic E-state index is 10.8. The molecule has 0 aliphatic rings. The fourth-order valence-corrected chi connectivity index (χ4v) is 1.43. The van der Waals surface area contributed by atoms with Gasteiger partial charge in [-0.3, -0.25) is 9.59 Å². The number of esters is 1. The fourth-order valence-electron chi connectivity index (χ4n) is 1.43. The van der Waals surface area contributed by atoms with Crippen LogP contribution in [0.2, 0.25) is 0 Å². The second-order valence-electron chi connectivity index (χ2n) is 4.52. The monoisotopic (exact) mass is 413 g/mol. The van der Waals surface area contributed by atoms with Crippen LogP contribution in [0.25, 0.3) is 0 Å². The average molecular weight is 413 g/mol. The van der Waals surface area contributed by atoms with Gasteiger partial charge in [0, 0.05) is 88.7 Å². The Kier molecular flexibility index (Phi) is 21.4. The summed E-state index contributed by atoms with van der Waals surface area (Å²) in [5.74, 6) is -5.28. The van der Waals surface area contributed by atoms with Crippen molar-refractivity contribution in [1.82, 2.24) is 0 Å². The van der Waals surface area contributed by atoms with Crippen LogP contribution < -0.4 is 0 Å². The first-order valence-corrected chi connectivity index (χ1v) is 6.28. The summed E-state index contributed by atoms with van der Waals surface area (Å²) < 4.78 is 4.46. The molecule has 0 fully saturated rings. The topological polar surface area (TPSA) is 179 Å². The molecule has 27 heavy (non-hydrogen) atoms. The Morgan fingerprint density at radius 3 is 1.52 bits per heavy atom. The van der Waals surface area contributed by atoms with Gasteiger partial charge in [0.25, 0.3) is 0 Å². The SMILES string of the molecule is COC(=O)c1ccc(O)cc1.O=C(O)CC(O)(CC(=O)O)C(=O)O.[Na].[Na].[Na]. The van der Waals surface area contributed by atoms with Crippen molar-refractivity contribution < 1.29 is 49.4 Å². The normalized spacial score (nSPS) is 8.96. The molecular weight excluding hydrogens is 397 g/mol. The molecule has 5 N–H and O–H groups in total. The molecule has 0 atom stereocenters. The molecule has 0 heterocycles. The summed E-state index contributed by atoms with van der Waals surface area (Å²) in [5, 5.41) is 42.7. The van der Waals surface area contributed by atoms with Gasteiger partial charge in [-0.05, 0) is 24.3 Å². The van der Waals surface area contributed by atoms with Crippen LogP contribution in [0.5, 0.6) is 5.75 Å².